The van der Waals surface area contributed by atoms with Crippen molar-refractivity contribution >= 4 is 29.2 Å². The number of nitrogens with two attached hydrogens (primary N) is 1. The van der Waals surface area contributed by atoms with Gasteiger partial charge in [0.1, 0.15) is 17.5 Å². The van der Waals surface area contributed by atoms with Crippen LogP contribution in [0.2, 0.25) is 0 Å². The minimum absolute atomic E-state index is 0.0109. The molecule has 28 heavy (non-hydrogen) atoms. The largest absolute Gasteiger partial charge is 0.375 e. The Bertz CT molecular complexity index is 882. The van der Waals surface area contributed by atoms with Gasteiger partial charge in [-0.3, -0.25) is 10.3 Å². The smallest absolute Gasteiger partial charge is 0.184 e. The molecule has 0 spiro atoms. The van der Waals surface area contributed by atoms with Crippen LogP contribution in [0.5, 0.6) is 0 Å². The molecule has 1 fully saturated rings. The van der Waals surface area contributed by atoms with Gasteiger partial charge in [-0.25, -0.2) is 13.2 Å². The summed E-state index contributed by atoms with van der Waals surface area (Å²) in [4.78, 5) is 3.87. The third-order valence-corrected chi connectivity index (χ3v) is 4.60. The van der Waals surface area contributed by atoms with Gasteiger partial charge in [-0.05, 0) is 24.4 Å². The fraction of sp³-hybridized carbons (Fsp3) is 0.263. The zero-order valence-electron chi connectivity index (χ0n) is 15.0. The summed E-state index contributed by atoms with van der Waals surface area (Å²) in [5.74, 6) is -1.38. The molecule has 1 heterocycles. The maximum atomic E-state index is 14.5. The second-order valence-electron chi connectivity index (χ2n) is 6.41. The first-order chi connectivity index (χ1) is 13.4. The molecule has 0 unspecified atom stereocenters. The molecule has 0 atom stereocenters. The predicted molar refractivity (Wildman–Crippen MR) is 108 cm³/mol. The monoisotopic (exact) mass is 407 g/mol. The van der Waals surface area contributed by atoms with Crippen molar-refractivity contribution in [1.29, 1.82) is 0 Å². The van der Waals surface area contributed by atoms with Gasteiger partial charge in [0.15, 0.2) is 5.11 Å². The number of thiocarbonyl (C=S) groups is 1. The Morgan fingerprint density at radius 3 is 2.46 bits per heavy atom. The van der Waals surface area contributed by atoms with Crippen LogP contribution in [0.4, 0.5) is 18.9 Å². The van der Waals surface area contributed by atoms with E-state index in [1.807, 2.05) is 0 Å². The SMILES string of the molecule is NC(=S)N/N=C/c1cc(F)c(N2CCN(Cc3ccccc3F)CC2)cc1F. The van der Waals surface area contributed by atoms with Crippen molar-refractivity contribution in [1.82, 2.24) is 10.3 Å². The first kappa shape index (κ1) is 20.1. The average Bonchev–Trinajstić information content (AvgIpc) is 2.66. The summed E-state index contributed by atoms with van der Waals surface area (Å²) >= 11 is 4.59. The fourth-order valence-electron chi connectivity index (χ4n) is 3.07. The molecule has 0 radical (unpaired) electrons. The Kier molecular flexibility index (Phi) is 6.48. The minimum Gasteiger partial charge on any atom is -0.375 e. The van der Waals surface area contributed by atoms with Gasteiger partial charge in [0.05, 0.1) is 11.9 Å². The third kappa shape index (κ3) is 4.99. The number of benzene rings is 2. The molecule has 1 aliphatic heterocycles. The minimum atomic E-state index is -0.598. The number of halogens is 3. The van der Waals surface area contributed by atoms with Crippen molar-refractivity contribution in [2.24, 2.45) is 10.8 Å². The second kappa shape index (κ2) is 9.03. The van der Waals surface area contributed by atoms with Crippen molar-refractivity contribution in [3.05, 3.63) is 65.0 Å². The highest BCUT2D eigenvalue weighted by atomic mass is 32.1. The molecular formula is C19H20F3N5S. The molecule has 0 aliphatic carbocycles. The molecule has 2 aromatic rings. The Balaban J connectivity index is 1.64. The van der Waals surface area contributed by atoms with Crippen molar-refractivity contribution in [2.45, 2.75) is 6.54 Å². The molecule has 1 aliphatic rings. The summed E-state index contributed by atoms with van der Waals surface area (Å²) < 4.78 is 42.6. The van der Waals surface area contributed by atoms with E-state index in [0.29, 0.717) is 38.3 Å². The zero-order valence-corrected chi connectivity index (χ0v) is 15.9. The van der Waals surface area contributed by atoms with Crippen LogP contribution in [0.1, 0.15) is 11.1 Å². The van der Waals surface area contributed by atoms with E-state index in [0.717, 1.165) is 18.3 Å². The van der Waals surface area contributed by atoms with E-state index in [2.05, 4.69) is 27.6 Å². The van der Waals surface area contributed by atoms with Gasteiger partial charge >= 0.3 is 0 Å². The number of hydrogen-bond donors (Lipinski definition) is 2. The van der Waals surface area contributed by atoms with Crippen LogP contribution in [-0.2, 0) is 6.54 Å². The van der Waals surface area contributed by atoms with Gasteiger partial charge in [-0.15, -0.1) is 0 Å². The molecule has 5 nitrogen and oxygen atoms in total. The van der Waals surface area contributed by atoms with Gasteiger partial charge in [0, 0.05) is 49.9 Å². The summed E-state index contributed by atoms with van der Waals surface area (Å²) in [6, 6.07) is 8.89. The molecule has 148 valence electrons. The Morgan fingerprint density at radius 1 is 1.07 bits per heavy atom. The number of piperazine rings is 1. The lowest BCUT2D eigenvalue weighted by Gasteiger charge is -2.36. The third-order valence-electron chi connectivity index (χ3n) is 4.51. The topological polar surface area (TPSA) is 56.9 Å². The van der Waals surface area contributed by atoms with Gasteiger partial charge in [0.2, 0.25) is 0 Å². The molecule has 0 bridgehead atoms. The first-order valence-electron chi connectivity index (χ1n) is 8.72. The van der Waals surface area contributed by atoms with Gasteiger partial charge in [-0.2, -0.15) is 5.10 Å². The number of nitrogens with zero attached hydrogens (tertiary/aromatic N) is 3. The highest BCUT2D eigenvalue weighted by Gasteiger charge is 2.21. The fourth-order valence-corrected chi connectivity index (χ4v) is 3.13. The summed E-state index contributed by atoms with van der Waals surface area (Å²) in [7, 11) is 0. The van der Waals surface area contributed by atoms with E-state index in [4.69, 9.17) is 5.73 Å². The summed E-state index contributed by atoms with van der Waals surface area (Å²) in [6.45, 7) is 2.76. The van der Waals surface area contributed by atoms with Crippen LogP contribution in [0.25, 0.3) is 0 Å². The highest BCUT2D eigenvalue weighted by molar-refractivity contribution is 7.80. The van der Waals surface area contributed by atoms with Crippen LogP contribution >= 0.6 is 12.2 Å². The lowest BCUT2D eigenvalue weighted by atomic mass is 10.1. The maximum Gasteiger partial charge on any atom is 0.184 e. The highest BCUT2D eigenvalue weighted by Crippen LogP contribution is 2.24. The van der Waals surface area contributed by atoms with Gasteiger partial charge in [0.25, 0.3) is 0 Å². The normalized spacial score (nSPS) is 15.2. The first-order valence-corrected chi connectivity index (χ1v) is 9.13. The van der Waals surface area contributed by atoms with Crippen LogP contribution in [0.3, 0.4) is 0 Å². The zero-order chi connectivity index (χ0) is 20.1. The lowest BCUT2D eigenvalue weighted by molar-refractivity contribution is 0.246. The average molecular weight is 407 g/mol. The lowest BCUT2D eigenvalue weighted by Crippen LogP contribution is -2.46. The number of anilines is 1. The number of hydrazone groups is 1. The van der Waals surface area contributed by atoms with Gasteiger partial charge in [-0.1, -0.05) is 18.2 Å². The molecule has 1 saturated heterocycles. The van der Waals surface area contributed by atoms with Crippen molar-refractivity contribution in [3.63, 3.8) is 0 Å². The summed E-state index contributed by atoms with van der Waals surface area (Å²) in [6.07, 6.45) is 1.12. The second-order valence-corrected chi connectivity index (χ2v) is 6.85. The van der Waals surface area contributed by atoms with E-state index in [1.165, 1.54) is 6.07 Å². The van der Waals surface area contributed by atoms with E-state index in [-0.39, 0.29) is 22.2 Å². The molecular weight excluding hydrogens is 387 g/mol. The van der Waals surface area contributed by atoms with E-state index < -0.39 is 11.6 Å². The number of nitrogens with one attached hydrogen (secondary N) is 1. The molecule has 2 aromatic carbocycles. The molecule has 0 aromatic heterocycles. The molecule has 0 saturated carbocycles. The van der Waals surface area contributed by atoms with Crippen LogP contribution in [-0.4, -0.2) is 42.4 Å². The Hall–Kier alpha value is -2.65. The molecule has 3 N–H and O–H groups in total. The van der Waals surface area contributed by atoms with Crippen LogP contribution in [0.15, 0.2) is 41.5 Å². The van der Waals surface area contributed by atoms with E-state index in [9.17, 15) is 13.2 Å². The van der Waals surface area contributed by atoms with E-state index >= 15 is 0 Å². The number of rotatable bonds is 5. The number of hydrogen-bond acceptors (Lipinski definition) is 4. The maximum absolute atomic E-state index is 14.5. The predicted octanol–water partition coefficient (Wildman–Crippen LogP) is 2.59. The molecule has 3 rings (SSSR count). The summed E-state index contributed by atoms with van der Waals surface area (Å²) in [5, 5.41) is 3.58. The van der Waals surface area contributed by atoms with Crippen molar-refractivity contribution in [2.75, 3.05) is 31.1 Å². The summed E-state index contributed by atoms with van der Waals surface area (Å²) in [5.41, 5.74) is 8.33. The van der Waals surface area contributed by atoms with E-state index in [1.54, 1.807) is 23.1 Å². The van der Waals surface area contributed by atoms with Crippen molar-refractivity contribution in [3.8, 4) is 0 Å². The molecule has 0 amide bonds. The molecule has 9 heteroatoms. The standard InChI is InChI=1S/C19H20F3N5S/c20-15-4-2-1-3-13(15)12-26-5-7-27(8-6-26)18-10-16(21)14(9-17(18)22)11-24-25-19(23)28/h1-4,9-11H,5-8,12H2,(H3,23,25,28)/b24-11+. The Morgan fingerprint density at radius 2 is 1.79 bits per heavy atom. The van der Waals surface area contributed by atoms with Crippen molar-refractivity contribution < 1.29 is 13.2 Å². The Labute approximate surface area is 166 Å². The van der Waals surface area contributed by atoms with Crippen LogP contribution < -0.4 is 16.1 Å². The van der Waals surface area contributed by atoms with Crippen LogP contribution in [0, 0.1) is 17.5 Å². The quantitative estimate of drug-likeness (QED) is 0.453. The van der Waals surface area contributed by atoms with Gasteiger partial charge < -0.3 is 10.6 Å².